The minimum absolute atomic E-state index is 0.295. The van der Waals surface area contributed by atoms with E-state index in [4.69, 9.17) is 4.74 Å². The molecule has 0 saturated carbocycles. The Hall–Kier alpha value is -2.03. The molecule has 0 radical (unpaired) electrons. The van der Waals surface area contributed by atoms with Gasteiger partial charge in [0.1, 0.15) is 5.69 Å². The van der Waals surface area contributed by atoms with Gasteiger partial charge in [0.15, 0.2) is 0 Å². The molecule has 0 N–H and O–H groups in total. The van der Waals surface area contributed by atoms with Crippen LogP contribution < -0.4 is 0 Å². The Balaban J connectivity index is 1.64. The van der Waals surface area contributed by atoms with Gasteiger partial charge in [0.05, 0.1) is 31.1 Å². The summed E-state index contributed by atoms with van der Waals surface area (Å²) in [4.78, 5) is 5.19. The molecule has 0 amide bonds. The second kappa shape index (κ2) is 6.70. The molecule has 3 aromatic rings. The summed E-state index contributed by atoms with van der Waals surface area (Å²) in [6, 6.07) is 4.70. The smallest absolute Gasteiger partial charge is 0.120 e. The zero-order valence-corrected chi connectivity index (χ0v) is 15.5. The minimum atomic E-state index is 0.295. The Bertz CT molecular complexity index is 866. The first-order valence-corrected chi connectivity index (χ1v) is 9.15. The van der Waals surface area contributed by atoms with Crippen LogP contribution in [0.15, 0.2) is 24.5 Å². The summed E-state index contributed by atoms with van der Waals surface area (Å²) in [6.45, 7) is 5.36. The van der Waals surface area contributed by atoms with Crippen molar-refractivity contribution in [1.82, 2.24) is 29.7 Å². The van der Waals surface area contributed by atoms with Crippen molar-refractivity contribution in [1.29, 1.82) is 0 Å². The molecule has 0 fully saturated rings. The fraction of sp³-hybridized carbons (Fsp3) is 0.471. The van der Waals surface area contributed by atoms with Crippen molar-refractivity contribution in [2.75, 3.05) is 13.7 Å². The van der Waals surface area contributed by atoms with E-state index in [0.717, 1.165) is 36.6 Å². The highest BCUT2D eigenvalue weighted by Gasteiger charge is 2.30. The molecule has 1 unspecified atom stereocenters. The molecule has 1 aliphatic rings. The van der Waals surface area contributed by atoms with E-state index < -0.39 is 0 Å². The van der Waals surface area contributed by atoms with Gasteiger partial charge in [-0.1, -0.05) is 5.21 Å². The molecule has 0 saturated heterocycles. The lowest BCUT2D eigenvalue weighted by Gasteiger charge is -2.35. The number of nitrogens with zero attached hydrogens (tertiary/aromatic N) is 6. The summed E-state index contributed by atoms with van der Waals surface area (Å²) in [5.74, 6) is 0. The lowest BCUT2D eigenvalue weighted by molar-refractivity contribution is 0.0510. The number of hydrogen-bond donors (Lipinski definition) is 0. The molecule has 4 rings (SSSR count). The lowest BCUT2D eigenvalue weighted by Crippen LogP contribution is -2.45. The van der Waals surface area contributed by atoms with E-state index >= 15 is 0 Å². The predicted octanol–water partition coefficient (Wildman–Crippen LogP) is 2.08. The van der Waals surface area contributed by atoms with Gasteiger partial charge in [0.25, 0.3) is 0 Å². The zero-order chi connectivity index (χ0) is 17.4. The topological polar surface area (TPSA) is 61.0 Å². The van der Waals surface area contributed by atoms with Crippen molar-refractivity contribution in [3.63, 3.8) is 0 Å². The average Bonchev–Trinajstić information content (AvgIpc) is 3.28. The highest BCUT2D eigenvalue weighted by atomic mass is 32.1. The van der Waals surface area contributed by atoms with Gasteiger partial charge in [-0.3, -0.25) is 9.58 Å². The standard InChI is InChI=1S/C17H22N6OS/c1-12-4-5-15(25-12)9-22-10-16-17(13-6-18-21(2)7-13)19-20-23(16)8-14(22)11-24-3/h4-7,14H,8-11H2,1-3H3. The van der Waals surface area contributed by atoms with Crippen LogP contribution in [0.25, 0.3) is 11.3 Å². The monoisotopic (exact) mass is 358 g/mol. The molecule has 7 nitrogen and oxygen atoms in total. The van der Waals surface area contributed by atoms with Crippen molar-refractivity contribution in [3.05, 3.63) is 40.0 Å². The molecule has 1 atom stereocenters. The molecule has 0 aliphatic carbocycles. The fourth-order valence-corrected chi connectivity index (χ4v) is 4.26. The summed E-state index contributed by atoms with van der Waals surface area (Å²) < 4.78 is 9.26. The van der Waals surface area contributed by atoms with E-state index in [-0.39, 0.29) is 0 Å². The predicted molar refractivity (Wildman–Crippen MR) is 96.2 cm³/mol. The molecule has 25 heavy (non-hydrogen) atoms. The molecule has 0 aromatic carbocycles. The van der Waals surface area contributed by atoms with Gasteiger partial charge in [-0.2, -0.15) is 5.10 Å². The first-order chi connectivity index (χ1) is 12.1. The quantitative estimate of drug-likeness (QED) is 0.699. The van der Waals surface area contributed by atoms with E-state index in [1.807, 2.05) is 35.5 Å². The lowest BCUT2D eigenvalue weighted by atomic mass is 10.1. The number of hydrogen-bond acceptors (Lipinski definition) is 6. The van der Waals surface area contributed by atoms with Crippen LogP contribution in [0, 0.1) is 6.92 Å². The van der Waals surface area contributed by atoms with Crippen LogP contribution in [0.1, 0.15) is 15.4 Å². The van der Waals surface area contributed by atoms with Crippen LogP contribution in [0.3, 0.4) is 0 Å². The van der Waals surface area contributed by atoms with Crippen LogP contribution >= 0.6 is 11.3 Å². The maximum absolute atomic E-state index is 5.45. The third-order valence-electron chi connectivity index (χ3n) is 4.58. The highest BCUT2D eigenvalue weighted by Crippen LogP contribution is 2.28. The Morgan fingerprint density at radius 2 is 2.24 bits per heavy atom. The van der Waals surface area contributed by atoms with Crippen molar-refractivity contribution >= 4 is 11.3 Å². The number of ether oxygens (including phenoxy) is 1. The van der Waals surface area contributed by atoms with Gasteiger partial charge in [-0.05, 0) is 19.1 Å². The van der Waals surface area contributed by atoms with E-state index in [1.165, 1.54) is 9.75 Å². The maximum atomic E-state index is 5.45. The van der Waals surface area contributed by atoms with E-state index in [9.17, 15) is 0 Å². The summed E-state index contributed by atoms with van der Waals surface area (Å²) in [6.07, 6.45) is 3.83. The Labute approximate surface area is 150 Å². The van der Waals surface area contributed by atoms with E-state index in [0.29, 0.717) is 12.6 Å². The summed E-state index contributed by atoms with van der Waals surface area (Å²) in [5.41, 5.74) is 3.09. The van der Waals surface area contributed by atoms with Crippen LogP contribution in [0.5, 0.6) is 0 Å². The first-order valence-electron chi connectivity index (χ1n) is 8.33. The zero-order valence-electron chi connectivity index (χ0n) is 14.7. The van der Waals surface area contributed by atoms with Crippen molar-refractivity contribution < 1.29 is 4.74 Å². The van der Waals surface area contributed by atoms with Crippen molar-refractivity contribution in [2.24, 2.45) is 7.05 Å². The molecule has 3 aromatic heterocycles. The first kappa shape index (κ1) is 16.4. The van der Waals surface area contributed by atoms with Crippen LogP contribution in [-0.4, -0.2) is 49.4 Å². The largest absolute Gasteiger partial charge is 0.383 e. The summed E-state index contributed by atoms with van der Waals surface area (Å²) in [5, 5.41) is 13.0. The van der Waals surface area contributed by atoms with Crippen LogP contribution in [-0.2, 0) is 31.4 Å². The number of fused-ring (bicyclic) bond motifs is 1. The third-order valence-corrected chi connectivity index (χ3v) is 5.57. The summed E-state index contributed by atoms with van der Waals surface area (Å²) in [7, 11) is 3.67. The number of methoxy groups -OCH3 is 1. The second-order valence-corrected chi connectivity index (χ2v) is 7.87. The Morgan fingerprint density at radius 1 is 1.36 bits per heavy atom. The molecule has 4 heterocycles. The van der Waals surface area contributed by atoms with Gasteiger partial charge in [-0.25, -0.2) is 4.68 Å². The van der Waals surface area contributed by atoms with Gasteiger partial charge >= 0.3 is 0 Å². The number of aryl methyl sites for hydroxylation is 2. The van der Waals surface area contributed by atoms with Crippen LogP contribution in [0.4, 0.5) is 0 Å². The Morgan fingerprint density at radius 3 is 2.92 bits per heavy atom. The average molecular weight is 358 g/mol. The normalized spacial score (nSPS) is 17.8. The molecular formula is C17H22N6OS. The second-order valence-electron chi connectivity index (χ2n) is 6.50. The minimum Gasteiger partial charge on any atom is -0.383 e. The molecule has 8 heteroatoms. The summed E-state index contributed by atoms with van der Waals surface area (Å²) >= 11 is 1.85. The fourth-order valence-electron chi connectivity index (χ4n) is 3.35. The SMILES string of the molecule is COCC1Cn2nnc(-c3cnn(C)c3)c2CN1Cc1ccc(C)s1. The number of rotatable bonds is 5. The van der Waals surface area contributed by atoms with Gasteiger partial charge in [0, 0.05) is 48.8 Å². The molecule has 0 bridgehead atoms. The van der Waals surface area contributed by atoms with Gasteiger partial charge < -0.3 is 4.74 Å². The van der Waals surface area contributed by atoms with E-state index in [1.54, 1.807) is 11.8 Å². The molecular weight excluding hydrogens is 336 g/mol. The Kier molecular flexibility index (Phi) is 4.41. The van der Waals surface area contributed by atoms with E-state index in [2.05, 4.69) is 39.4 Å². The van der Waals surface area contributed by atoms with Crippen molar-refractivity contribution in [2.45, 2.75) is 32.6 Å². The number of aromatic nitrogens is 5. The highest BCUT2D eigenvalue weighted by molar-refractivity contribution is 7.11. The molecule has 0 spiro atoms. The van der Waals surface area contributed by atoms with Gasteiger partial charge in [-0.15, -0.1) is 16.4 Å². The maximum Gasteiger partial charge on any atom is 0.120 e. The third kappa shape index (κ3) is 3.24. The number of thiophene rings is 1. The molecule has 1 aliphatic heterocycles. The van der Waals surface area contributed by atoms with Gasteiger partial charge in [0.2, 0.25) is 0 Å². The van der Waals surface area contributed by atoms with Crippen LogP contribution in [0.2, 0.25) is 0 Å². The molecule has 132 valence electrons. The van der Waals surface area contributed by atoms with Crippen molar-refractivity contribution in [3.8, 4) is 11.3 Å².